The summed E-state index contributed by atoms with van der Waals surface area (Å²) in [5.41, 5.74) is 0.650. The van der Waals surface area contributed by atoms with Crippen molar-refractivity contribution in [3.8, 4) is 0 Å². The molecule has 0 saturated carbocycles. The lowest BCUT2D eigenvalue weighted by atomic mass is 10.2. The number of carboxylic acid groups (broad SMARTS) is 1. The van der Waals surface area contributed by atoms with Gasteiger partial charge in [-0.05, 0) is 12.5 Å². The van der Waals surface area contributed by atoms with Gasteiger partial charge in [-0.1, -0.05) is 0 Å². The third-order valence-corrected chi connectivity index (χ3v) is 2.60. The molecule has 2 rings (SSSR count). The molecule has 0 aliphatic rings. The molecule has 18 heavy (non-hydrogen) atoms. The summed E-state index contributed by atoms with van der Waals surface area (Å²) in [6.45, 7) is 0.428. The van der Waals surface area contributed by atoms with Gasteiger partial charge in [-0.3, -0.25) is 19.6 Å². The van der Waals surface area contributed by atoms with Crippen LogP contribution < -0.4 is 0 Å². The van der Waals surface area contributed by atoms with Crippen LogP contribution in [0.25, 0.3) is 10.9 Å². The lowest BCUT2D eigenvalue weighted by Crippen LogP contribution is -2.03. The van der Waals surface area contributed by atoms with Crippen LogP contribution in [0.3, 0.4) is 0 Å². The molecule has 1 N–H and O–H groups in total. The zero-order chi connectivity index (χ0) is 13.1. The minimum atomic E-state index is -0.863. The summed E-state index contributed by atoms with van der Waals surface area (Å²) in [6.07, 6.45) is 2.10. The summed E-state index contributed by atoms with van der Waals surface area (Å²) in [7, 11) is 0. The first kappa shape index (κ1) is 12.0. The SMILES string of the molecule is O=C(O)CCCn1ncc2ccc([N+](=O)[O-])cc21. The Labute approximate surface area is 102 Å². The number of aliphatic carboxylic acids is 1. The Morgan fingerprint density at radius 2 is 2.28 bits per heavy atom. The maximum absolute atomic E-state index is 10.7. The second-order valence-electron chi connectivity index (χ2n) is 3.87. The van der Waals surface area contributed by atoms with Crippen molar-refractivity contribution in [2.24, 2.45) is 0 Å². The molecule has 0 unspecified atom stereocenters. The van der Waals surface area contributed by atoms with E-state index >= 15 is 0 Å². The first-order valence-corrected chi connectivity index (χ1v) is 5.39. The molecule has 1 heterocycles. The number of non-ortho nitro benzene ring substituents is 1. The van der Waals surface area contributed by atoms with Crippen LogP contribution in [0, 0.1) is 10.1 Å². The van der Waals surface area contributed by atoms with E-state index in [0.29, 0.717) is 18.5 Å². The summed E-state index contributed by atoms with van der Waals surface area (Å²) < 4.78 is 1.59. The molecular formula is C11H11N3O4. The number of fused-ring (bicyclic) bond motifs is 1. The third-order valence-electron chi connectivity index (χ3n) is 2.60. The average Bonchev–Trinajstić information content (AvgIpc) is 2.71. The van der Waals surface area contributed by atoms with Crippen LogP contribution in [0.1, 0.15) is 12.8 Å². The molecule has 0 aliphatic heterocycles. The van der Waals surface area contributed by atoms with Crippen LogP contribution in [0.4, 0.5) is 5.69 Å². The van der Waals surface area contributed by atoms with E-state index in [1.165, 1.54) is 12.1 Å². The Kier molecular flexibility index (Phi) is 3.22. The molecule has 0 saturated heterocycles. The van der Waals surface area contributed by atoms with Crippen LogP contribution in [-0.2, 0) is 11.3 Å². The maximum Gasteiger partial charge on any atom is 0.303 e. The van der Waals surface area contributed by atoms with E-state index in [1.54, 1.807) is 16.9 Å². The highest BCUT2D eigenvalue weighted by molar-refractivity contribution is 5.81. The number of benzene rings is 1. The van der Waals surface area contributed by atoms with Gasteiger partial charge >= 0.3 is 5.97 Å². The van der Waals surface area contributed by atoms with Gasteiger partial charge < -0.3 is 5.11 Å². The first-order chi connectivity index (χ1) is 8.58. The fourth-order valence-electron chi connectivity index (χ4n) is 1.73. The summed E-state index contributed by atoms with van der Waals surface area (Å²) in [5, 5.41) is 24.1. The van der Waals surface area contributed by atoms with E-state index in [1.807, 2.05) is 0 Å². The van der Waals surface area contributed by atoms with Gasteiger partial charge in [0, 0.05) is 30.5 Å². The highest BCUT2D eigenvalue weighted by Crippen LogP contribution is 2.20. The normalized spacial score (nSPS) is 10.7. The largest absolute Gasteiger partial charge is 0.481 e. The van der Waals surface area contributed by atoms with Crippen molar-refractivity contribution in [1.82, 2.24) is 9.78 Å². The molecule has 1 aromatic carbocycles. The number of carboxylic acids is 1. The topological polar surface area (TPSA) is 98.3 Å². The zero-order valence-electron chi connectivity index (χ0n) is 9.44. The smallest absolute Gasteiger partial charge is 0.303 e. The Morgan fingerprint density at radius 1 is 1.50 bits per heavy atom. The molecule has 0 spiro atoms. The monoisotopic (exact) mass is 249 g/mol. The van der Waals surface area contributed by atoms with Gasteiger partial charge in [0.25, 0.3) is 5.69 Å². The second-order valence-corrected chi connectivity index (χ2v) is 3.87. The molecule has 0 fully saturated rings. The number of nitrogens with zero attached hydrogens (tertiary/aromatic N) is 3. The van der Waals surface area contributed by atoms with E-state index < -0.39 is 10.9 Å². The first-order valence-electron chi connectivity index (χ1n) is 5.39. The number of nitro groups is 1. The van der Waals surface area contributed by atoms with Gasteiger partial charge in [0.1, 0.15) is 0 Å². The van der Waals surface area contributed by atoms with E-state index in [9.17, 15) is 14.9 Å². The molecule has 94 valence electrons. The Bertz CT molecular complexity index is 605. The highest BCUT2D eigenvalue weighted by Gasteiger charge is 2.10. The minimum absolute atomic E-state index is 0.00230. The van der Waals surface area contributed by atoms with Gasteiger partial charge in [0.2, 0.25) is 0 Å². The van der Waals surface area contributed by atoms with E-state index in [-0.39, 0.29) is 12.1 Å². The van der Waals surface area contributed by atoms with Crippen molar-refractivity contribution in [2.45, 2.75) is 19.4 Å². The van der Waals surface area contributed by atoms with Crippen molar-refractivity contribution in [1.29, 1.82) is 0 Å². The van der Waals surface area contributed by atoms with Crippen molar-refractivity contribution in [3.63, 3.8) is 0 Å². The molecule has 0 aliphatic carbocycles. The van der Waals surface area contributed by atoms with E-state index in [2.05, 4.69) is 5.10 Å². The van der Waals surface area contributed by atoms with Crippen molar-refractivity contribution < 1.29 is 14.8 Å². The number of hydrogen-bond donors (Lipinski definition) is 1. The summed E-state index contributed by atoms with van der Waals surface area (Å²) in [5.74, 6) is -0.863. The van der Waals surface area contributed by atoms with Gasteiger partial charge in [0.05, 0.1) is 16.6 Å². The van der Waals surface area contributed by atoms with Crippen LogP contribution in [0.2, 0.25) is 0 Å². The van der Waals surface area contributed by atoms with Crippen LogP contribution in [0.15, 0.2) is 24.4 Å². The quantitative estimate of drug-likeness (QED) is 0.643. The van der Waals surface area contributed by atoms with E-state index in [4.69, 9.17) is 5.11 Å². The number of aryl methyl sites for hydroxylation is 1. The molecule has 7 heteroatoms. The standard InChI is InChI=1S/C11H11N3O4/c15-11(16)2-1-5-13-10-6-9(14(17)18)4-3-8(10)7-12-13/h3-4,6-7H,1-2,5H2,(H,15,16). The predicted molar refractivity (Wildman–Crippen MR) is 63.3 cm³/mol. The number of nitro benzene ring substituents is 1. The van der Waals surface area contributed by atoms with Crippen molar-refractivity contribution in [3.05, 3.63) is 34.5 Å². The third kappa shape index (κ3) is 2.45. The zero-order valence-corrected chi connectivity index (χ0v) is 9.44. The average molecular weight is 249 g/mol. The summed E-state index contributed by atoms with van der Waals surface area (Å²) in [4.78, 5) is 20.6. The molecule has 1 aromatic heterocycles. The molecule has 2 aromatic rings. The highest BCUT2D eigenvalue weighted by atomic mass is 16.6. The fourth-order valence-corrected chi connectivity index (χ4v) is 1.73. The molecular weight excluding hydrogens is 238 g/mol. The fraction of sp³-hybridized carbons (Fsp3) is 0.273. The number of aromatic nitrogens is 2. The Balaban J connectivity index is 2.25. The van der Waals surface area contributed by atoms with Crippen LogP contribution in [-0.4, -0.2) is 25.8 Å². The Morgan fingerprint density at radius 3 is 2.94 bits per heavy atom. The predicted octanol–water partition coefficient (Wildman–Crippen LogP) is 1.81. The van der Waals surface area contributed by atoms with Crippen LogP contribution in [0.5, 0.6) is 0 Å². The second kappa shape index (κ2) is 4.82. The Hall–Kier alpha value is -2.44. The van der Waals surface area contributed by atoms with Gasteiger partial charge in [0.15, 0.2) is 0 Å². The maximum atomic E-state index is 10.7. The summed E-state index contributed by atoms with van der Waals surface area (Å²) >= 11 is 0. The summed E-state index contributed by atoms with van der Waals surface area (Å²) in [6, 6.07) is 4.50. The van der Waals surface area contributed by atoms with Crippen molar-refractivity contribution in [2.75, 3.05) is 0 Å². The minimum Gasteiger partial charge on any atom is -0.481 e. The number of rotatable bonds is 5. The van der Waals surface area contributed by atoms with Crippen molar-refractivity contribution >= 4 is 22.6 Å². The lowest BCUT2D eigenvalue weighted by molar-refractivity contribution is -0.384. The molecule has 0 bridgehead atoms. The molecule has 7 nitrogen and oxygen atoms in total. The van der Waals surface area contributed by atoms with Gasteiger partial charge in [-0.2, -0.15) is 5.10 Å². The lowest BCUT2D eigenvalue weighted by Gasteiger charge is -2.01. The molecule has 0 radical (unpaired) electrons. The van der Waals surface area contributed by atoms with Gasteiger partial charge in [-0.15, -0.1) is 0 Å². The molecule has 0 amide bonds. The van der Waals surface area contributed by atoms with Crippen LogP contribution >= 0.6 is 0 Å². The van der Waals surface area contributed by atoms with E-state index in [0.717, 1.165) is 5.39 Å². The number of carbonyl (C=O) groups is 1. The molecule has 0 atom stereocenters. The number of hydrogen-bond acceptors (Lipinski definition) is 4. The van der Waals surface area contributed by atoms with Gasteiger partial charge in [-0.25, -0.2) is 0 Å².